The number of rotatable bonds is 4. The Labute approximate surface area is 102 Å². The molecule has 1 aromatic carbocycles. The van der Waals surface area contributed by atoms with E-state index in [-0.39, 0.29) is 0 Å². The summed E-state index contributed by atoms with van der Waals surface area (Å²) in [4.78, 5) is 0. The van der Waals surface area contributed by atoms with E-state index in [9.17, 15) is 0 Å². The summed E-state index contributed by atoms with van der Waals surface area (Å²) < 4.78 is 2.05. The Hall–Kier alpha value is -1.61. The largest absolute Gasteiger partial charge is 0.313 e. The van der Waals surface area contributed by atoms with E-state index in [0.717, 1.165) is 6.54 Å². The van der Waals surface area contributed by atoms with Gasteiger partial charge in [-0.05, 0) is 26.5 Å². The first-order chi connectivity index (χ1) is 8.22. The smallest absolute Gasteiger partial charge is 0.0662 e. The number of aromatic nitrogens is 2. The lowest BCUT2D eigenvalue weighted by Gasteiger charge is -2.10. The van der Waals surface area contributed by atoms with Crippen LogP contribution in [0.1, 0.15) is 29.8 Å². The molecule has 0 amide bonds. The molecule has 17 heavy (non-hydrogen) atoms. The first-order valence-corrected chi connectivity index (χ1v) is 5.96. The lowest BCUT2D eigenvalue weighted by Crippen LogP contribution is -2.13. The van der Waals surface area contributed by atoms with Crippen LogP contribution in [0.2, 0.25) is 0 Å². The number of hydrogen-bond donors (Lipinski definition) is 1. The molecule has 1 atom stereocenters. The summed E-state index contributed by atoms with van der Waals surface area (Å²) in [5.74, 6) is 0. The van der Waals surface area contributed by atoms with E-state index in [1.807, 2.05) is 19.3 Å². The van der Waals surface area contributed by atoms with Crippen LogP contribution in [-0.2, 0) is 6.54 Å². The second-order valence-corrected chi connectivity index (χ2v) is 4.34. The molecule has 1 heterocycles. The van der Waals surface area contributed by atoms with Crippen LogP contribution in [0.25, 0.3) is 0 Å². The zero-order valence-electron chi connectivity index (χ0n) is 10.6. The van der Waals surface area contributed by atoms with Crippen LogP contribution in [-0.4, -0.2) is 16.8 Å². The molecule has 3 nitrogen and oxygen atoms in total. The molecule has 3 heteroatoms. The predicted octanol–water partition coefficient (Wildman–Crippen LogP) is 2.52. The van der Waals surface area contributed by atoms with Gasteiger partial charge in [-0.15, -0.1) is 0 Å². The van der Waals surface area contributed by atoms with Crippen molar-refractivity contribution in [1.29, 1.82) is 0 Å². The lowest BCUT2D eigenvalue weighted by molar-refractivity contribution is 0.632. The lowest BCUT2D eigenvalue weighted by atomic mass is 10.1. The summed E-state index contributed by atoms with van der Waals surface area (Å²) in [5, 5.41) is 7.70. The minimum Gasteiger partial charge on any atom is -0.313 e. The third-order valence-electron chi connectivity index (χ3n) is 3.22. The van der Waals surface area contributed by atoms with Crippen molar-refractivity contribution in [3.05, 3.63) is 53.3 Å². The Kier molecular flexibility index (Phi) is 3.59. The fraction of sp³-hybridized carbons (Fsp3) is 0.357. The van der Waals surface area contributed by atoms with Crippen LogP contribution in [0.15, 0.2) is 36.5 Å². The molecule has 90 valence electrons. The van der Waals surface area contributed by atoms with Gasteiger partial charge in [0.15, 0.2) is 0 Å². The molecule has 1 aromatic heterocycles. The quantitative estimate of drug-likeness (QED) is 0.873. The Morgan fingerprint density at radius 2 is 2.00 bits per heavy atom. The Bertz CT molecular complexity index is 473. The maximum absolute atomic E-state index is 4.46. The molecule has 0 spiro atoms. The van der Waals surface area contributed by atoms with Crippen LogP contribution >= 0.6 is 0 Å². The highest BCUT2D eigenvalue weighted by atomic mass is 15.3. The van der Waals surface area contributed by atoms with Crippen LogP contribution < -0.4 is 5.32 Å². The standard InChI is InChI=1S/C14H19N3/c1-11(15-3)14-9-16-17(12(14)2)10-13-7-5-4-6-8-13/h4-9,11,15H,10H2,1-3H3. The maximum atomic E-state index is 4.46. The summed E-state index contributed by atoms with van der Waals surface area (Å²) in [6, 6.07) is 10.8. The van der Waals surface area contributed by atoms with Crippen molar-refractivity contribution < 1.29 is 0 Å². The van der Waals surface area contributed by atoms with Crippen molar-refractivity contribution >= 4 is 0 Å². The average molecular weight is 229 g/mol. The molecule has 1 unspecified atom stereocenters. The normalized spacial score (nSPS) is 12.6. The minimum atomic E-state index is 0.347. The zero-order valence-corrected chi connectivity index (χ0v) is 10.6. The number of hydrogen-bond acceptors (Lipinski definition) is 2. The summed E-state index contributed by atoms with van der Waals surface area (Å²) in [6.45, 7) is 5.11. The number of benzene rings is 1. The van der Waals surface area contributed by atoms with Gasteiger partial charge in [0.05, 0.1) is 12.7 Å². The molecule has 0 aliphatic heterocycles. The number of nitrogens with zero attached hydrogens (tertiary/aromatic N) is 2. The molecule has 0 aliphatic rings. The van der Waals surface area contributed by atoms with Crippen LogP contribution in [0.3, 0.4) is 0 Å². The minimum absolute atomic E-state index is 0.347. The Morgan fingerprint density at radius 1 is 1.29 bits per heavy atom. The molecule has 0 radical (unpaired) electrons. The fourth-order valence-electron chi connectivity index (χ4n) is 1.96. The summed E-state index contributed by atoms with van der Waals surface area (Å²) >= 11 is 0. The third-order valence-corrected chi connectivity index (χ3v) is 3.22. The van der Waals surface area contributed by atoms with Crippen LogP contribution in [0.5, 0.6) is 0 Å². The van der Waals surface area contributed by atoms with E-state index in [1.54, 1.807) is 0 Å². The highest BCUT2D eigenvalue weighted by molar-refractivity contribution is 5.22. The Morgan fingerprint density at radius 3 is 2.65 bits per heavy atom. The molecule has 2 rings (SSSR count). The summed E-state index contributed by atoms with van der Waals surface area (Å²) in [5.41, 5.74) is 3.78. The Balaban J connectivity index is 2.21. The van der Waals surface area contributed by atoms with Crippen molar-refractivity contribution in [2.75, 3.05) is 7.05 Å². The van der Waals surface area contributed by atoms with Crippen molar-refractivity contribution in [2.24, 2.45) is 0 Å². The van der Waals surface area contributed by atoms with E-state index in [0.29, 0.717) is 6.04 Å². The van der Waals surface area contributed by atoms with Gasteiger partial charge in [0.25, 0.3) is 0 Å². The molecular weight excluding hydrogens is 210 g/mol. The second-order valence-electron chi connectivity index (χ2n) is 4.34. The molecule has 0 saturated heterocycles. The van der Waals surface area contributed by atoms with Crippen LogP contribution in [0.4, 0.5) is 0 Å². The van der Waals surface area contributed by atoms with Gasteiger partial charge in [0.1, 0.15) is 0 Å². The van der Waals surface area contributed by atoms with Crippen molar-refractivity contribution in [1.82, 2.24) is 15.1 Å². The third kappa shape index (κ3) is 2.56. The molecule has 0 aliphatic carbocycles. The molecular formula is C14H19N3. The van der Waals surface area contributed by atoms with Gasteiger partial charge in [-0.25, -0.2) is 0 Å². The molecule has 1 N–H and O–H groups in total. The number of nitrogens with one attached hydrogen (secondary N) is 1. The van der Waals surface area contributed by atoms with Crippen molar-refractivity contribution in [2.45, 2.75) is 26.4 Å². The summed E-state index contributed by atoms with van der Waals surface area (Å²) in [7, 11) is 1.97. The van der Waals surface area contributed by atoms with Gasteiger partial charge in [-0.3, -0.25) is 4.68 Å². The average Bonchev–Trinajstić information content (AvgIpc) is 2.72. The van der Waals surface area contributed by atoms with Gasteiger partial charge in [-0.1, -0.05) is 30.3 Å². The predicted molar refractivity (Wildman–Crippen MR) is 70.0 cm³/mol. The second kappa shape index (κ2) is 5.15. The van der Waals surface area contributed by atoms with Crippen molar-refractivity contribution in [3.63, 3.8) is 0 Å². The van der Waals surface area contributed by atoms with E-state index in [1.165, 1.54) is 16.8 Å². The van der Waals surface area contributed by atoms with E-state index in [4.69, 9.17) is 0 Å². The van der Waals surface area contributed by atoms with Gasteiger partial charge in [-0.2, -0.15) is 5.10 Å². The van der Waals surface area contributed by atoms with Gasteiger partial charge >= 0.3 is 0 Å². The van der Waals surface area contributed by atoms with Gasteiger partial charge in [0.2, 0.25) is 0 Å². The zero-order chi connectivity index (χ0) is 12.3. The van der Waals surface area contributed by atoms with E-state index < -0.39 is 0 Å². The molecule has 0 bridgehead atoms. The SMILES string of the molecule is CNC(C)c1cnn(Cc2ccccc2)c1C. The van der Waals surface area contributed by atoms with Crippen LogP contribution in [0, 0.1) is 6.92 Å². The monoisotopic (exact) mass is 229 g/mol. The topological polar surface area (TPSA) is 29.9 Å². The highest BCUT2D eigenvalue weighted by Crippen LogP contribution is 2.17. The molecule has 2 aromatic rings. The molecule has 0 fully saturated rings. The van der Waals surface area contributed by atoms with Crippen molar-refractivity contribution in [3.8, 4) is 0 Å². The maximum Gasteiger partial charge on any atom is 0.0662 e. The van der Waals surface area contributed by atoms with E-state index >= 15 is 0 Å². The van der Waals surface area contributed by atoms with Gasteiger partial charge in [0, 0.05) is 17.3 Å². The molecule has 0 saturated carbocycles. The van der Waals surface area contributed by atoms with Gasteiger partial charge < -0.3 is 5.32 Å². The first-order valence-electron chi connectivity index (χ1n) is 5.96. The first kappa shape index (κ1) is 11.9. The van der Waals surface area contributed by atoms with E-state index in [2.05, 4.69) is 53.2 Å². The fourth-order valence-corrected chi connectivity index (χ4v) is 1.96. The highest BCUT2D eigenvalue weighted by Gasteiger charge is 2.11. The summed E-state index contributed by atoms with van der Waals surface area (Å²) in [6.07, 6.45) is 1.96.